The molecule has 3 heterocycles. The van der Waals surface area contributed by atoms with Crippen LogP contribution in [0.2, 0.25) is 0 Å². The second kappa shape index (κ2) is 7.62. The molecule has 29 heavy (non-hydrogen) atoms. The van der Waals surface area contributed by atoms with Crippen molar-refractivity contribution in [3.63, 3.8) is 0 Å². The predicted molar refractivity (Wildman–Crippen MR) is 116 cm³/mol. The van der Waals surface area contributed by atoms with E-state index in [9.17, 15) is 10.1 Å². The summed E-state index contributed by atoms with van der Waals surface area (Å²) in [4.78, 5) is 27.4. The van der Waals surface area contributed by atoms with Gasteiger partial charge in [0.15, 0.2) is 0 Å². The maximum atomic E-state index is 12.7. The molecule has 1 aromatic carbocycles. The Balaban J connectivity index is 1.33. The second-order valence-corrected chi connectivity index (χ2v) is 8.88. The van der Waals surface area contributed by atoms with Crippen LogP contribution in [0.1, 0.15) is 34.7 Å². The van der Waals surface area contributed by atoms with Gasteiger partial charge in [0, 0.05) is 31.1 Å². The minimum Gasteiger partial charge on any atom is -0.369 e. The summed E-state index contributed by atoms with van der Waals surface area (Å²) in [5.41, 5.74) is 2.98. The Morgan fingerprint density at radius 2 is 2.03 bits per heavy atom. The third-order valence-corrected chi connectivity index (χ3v) is 7.14. The number of aryl methyl sites for hydroxylation is 2. The fourth-order valence-corrected chi connectivity index (χ4v) is 5.83. The third-order valence-electron chi connectivity index (χ3n) is 5.95. The van der Waals surface area contributed by atoms with Gasteiger partial charge in [0.05, 0.1) is 23.2 Å². The summed E-state index contributed by atoms with van der Waals surface area (Å²) < 4.78 is 0. The standard InChI is InChI=1S/C22H23N5OS/c23-13-15-5-1-2-7-17(15)27-10-4-9-26(11-12-27)14-19-24-21(28)20-16-6-3-8-18(16)29-22(20)25-19/h1-2,5,7H,3-4,6,8-12,14H2,(H,24,25,28). The topological polar surface area (TPSA) is 76.0 Å². The zero-order valence-electron chi connectivity index (χ0n) is 16.3. The first-order valence-electron chi connectivity index (χ1n) is 10.2. The first-order chi connectivity index (χ1) is 14.2. The molecule has 0 atom stereocenters. The van der Waals surface area contributed by atoms with Gasteiger partial charge in [0.25, 0.3) is 5.56 Å². The van der Waals surface area contributed by atoms with Gasteiger partial charge in [-0.05, 0) is 43.4 Å². The minimum absolute atomic E-state index is 0.0174. The summed E-state index contributed by atoms with van der Waals surface area (Å²) in [6.45, 7) is 4.27. The van der Waals surface area contributed by atoms with Crippen LogP contribution in [-0.4, -0.2) is 41.0 Å². The molecule has 0 radical (unpaired) electrons. The predicted octanol–water partition coefficient (Wildman–Crippen LogP) is 3.06. The van der Waals surface area contributed by atoms with Crippen LogP contribution in [0.4, 0.5) is 5.69 Å². The lowest BCUT2D eigenvalue weighted by Gasteiger charge is -2.24. The van der Waals surface area contributed by atoms with Gasteiger partial charge >= 0.3 is 0 Å². The molecular weight excluding hydrogens is 382 g/mol. The van der Waals surface area contributed by atoms with Gasteiger partial charge < -0.3 is 9.88 Å². The Hall–Kier alpha value is -2.69. The number of nitriles is 1. The molecule has 1 saturated heterocycles. The Kier molecular flexibility index (Phi) is 4.82. The zero-order chi connectivity index (χ0) is 19.8. The normalized spacial score (nSPS) is 17.3. The number of para-hydroxylation sites is 1. The van der Waals surface area contributed by atoms with Gasteiger partial charge in [-0.15, -0.1) is 11.3 Å². The van der Waals surface area contributed by atoms with Crippen LogP contribution in [0.15, 0.2) is 29.1 Å². The van der Waals surface area contributed by atoms with Crippen molar-refractivity contribution in [2.24, 2.45) is 0 Å². The van der Waals surface area contributed by atoms with E-state index in [-0.39, 0.29) is 5.56 Å². The van der Waals surface area contributed by atoms with Crippen molar-refractivity contribution < 1.29 is 0 Å². The van der Waals surface area contributed by atoms with E-state index in [4.69, 9.17) is 4.98 Å². The number of anilines is 1. The number of benzene rings is 1. The van der Waals surface area contributed by atoms with Crippen LogP contribution < -0.4 is 10.5 Å². The molecule has 1 N–H and O–H groups in total. The van der Waals surface area contributed by atoms with Crippen LogP contribution >= 0.6 is 11.3 Å². The second-order valence-electron chi connectivity index (χ2n) is 7.80. The number of aromatic amines is 1. The summed E-state index contributed by atoms with van der Waals surface area (Å²) in [6.07, 6.45) is 4.25. The Morgan fingerprint density at radius 1 is 1.14 bits per heavy atom. The van der Waals surface area contributed by atoms with Crippen molar-refractivity contribution in [1.82, 2.24) is 14.9 Å². The van der Waals surface area contributed by atoms with Gasteiger partial charge in [-0.25, -0.2) is 4.98 Å². The maximum Gasteiger partial charge on any atom is 0.259 e. The summed E-state index contributed by atoms with van der Waals surface area (Å²) in [6, 6.07) is 10.1. The number of nitrogens with one attached hydrogen (secondary N) is 1. The summed E-state index contributed by atoms with van der Waals surface area (Å²) in [7, 11) is 0. The lowest BCUT2D eigenvalue weighted by Crippen LogP contribution is -2.31. The van der Waals surface area contributed by atoms with E-state index >= 15 is 0 Å². The van der Waals surface area contributed by atoms with E-state index in [1.54, 1.807) is 11.3 Å². The molecule has 0 saturated carbocycles. The number of nitrogens with zero attached hydrogens (tertiary/aromatic N) is 4. The number of thiophene rings is 1. The molecule has 0 unspecified atom stereocenters. The highest BCUT2D eigenvalue weighted by Crippen LogP contribution is 2.34. The number of hydrogen-bond acceptors (Lipinski definition) is 6. The molecular formula is C22H23N5OS. The number of hydrogen-bond donors (Lipinski definition) is 1. The molecule has 2 aliphatic rings. The quantitative estimate of drug-likeness (QED) is 0.725. The highest BCUT2D eigenvalue weighted by molar-refractivity contribution is 7.18. The summed E-state index contributed by atoms with van der Waals surface area (Å²) in [5, 5.41) is 10.2. The van der Waals surface area contributed by atoms with E-state index in [1.165, 1.54) is 10.4 Å². The van der Waals surface area contributed by atoms with Gasteiger partial charge in [0.1, 0.15) is 16.7 Å². The average molecular weight is 406 g/mol. The van der Waals surface area contributed by atoms with E-state index in [0.29, 0.717) is 6.54 Å². The highest BCUT2D eigenvalue weighted by atomic mass is 32.1. The Morgan fingerprint density at radius 3 is 2.93 bits per heavy atom. The number of H-pyrrole nitrogens is 1. The van der Waals surface area contributed by atoms with Gasteiger partial charge in [0.2, 0.25) is 0 Å². The first kappa shape index (κ1) is 18.3. The molecule has 3 aromatic rings. The van der Waals surface area contributed by atoms with E-state index in [0.717, 1.165) is 79.2 Å². The van der Waals surface area contributed by atoms with E-state index in [2.05, 4.69) is 20.9 Å². The van der Waals surface area contributed by atoms with Crippen LogP contribution in [-0.2, 0) is 19.4 Å². The van der Waals surface area contributed by atoms with Gasteiger partial charge in [-0.3, -0.25) is 9.69 Å². The monoisotopic (exact) mass is 405 g/mol. The first-order valence-corrected chi connectivity index (χ1v) is 11.0. The van der Waals surface area contributed by atoms with Crippen molar-refractivity contribution in [1.29, 1.82) is 5.26 Å². The van der Waals surface area contributed by atoms with Gasteiger partial charge in [-0.1, -0.05) is 12.1 Å². The molecule has 0 spiro atoms. The van der Waals surface area contributed by atoms with Gasteiger partial charge in [-0.2, -0.15) is 5.26 Å². The van der Waals surface area contributed by atoms with Crippen LogP contribution in [0.3, 0.4) is 0 Å². The number of fused-ring (bicyclic) bond motifs is 3. The molecule has 1 fully saturated rings. The SMILES string of the molecule is N#Cc1ccccc1N1CCCN(Cc2nc3sc4c(c3c(=O)[nH]2)CCC4)CC1. The molecule has 7 heteroatoms. The van der Waals surface area contributed by atoms with E-state index < -0.39 is 0 Å². The van der Waals surface area contributed by atoms with Crippen molar-refractivity contribution >= 4 is 27.2 Å². The minimum atomic E-state index is 0.0174. The molecule has 0 bridgehead atoms. The Bertz CT molecular complexity index is 1160. The molecule has 1 aliphatic heterocycles. The Labute approximate surface area is 173 Å². The zero-order valence-corrected chi connectivity index (χ0v) is 17.1. The molecule has 5 rings (SSSR count). The summed E-state index contributed by atoms with van der Waals surface area (Å²) >= 11 is 1.69. The van der Waals surface area contributed by atoms with Crippen LogP contribution in [0, 0.1) is 11.3 Å². The highest BCUT2D eigenvalue weighted by Gasteiger charge is 2.22. The fourth-order valence-electron chi connectivity index (χ4n) is 4.55. The summed E-state index contributed by atoms with van der Waals surface area (Å²) in [5.74, 6) is 0.758. The fraction of sp³-hybridized carbons (Fsp3) is 0.409. The van der Waals surface area contributed by atoms with Crippen molar-refractivity contribution in [2.75, 3.05) is 31.1 Å². The molecule has 2 aromatic heterocycles. The molecule has 148 valence electrons. The lowest BCUT2D eigenvalue weighted by atomic mass is 10.1. The molecule has 6 nitrogen and oxygen atoms in total. The average Bonchev–Trinajstić information content (AvgIpc) is 3.22. The smallest absolute Gasteiger partial charge is 0.259 e. The number of rotatable bonds is 3. The van der Waals surface area contributed by atoms with Crippen LogP contribution in [0.25, 0.3) is 10.2 Å². The largest absolute Gasteiger partial charge is 0.369 e. The van der Waals surface area contributed by atoms with Crippen molar-refractivity contribution in [3.05, 3.63) is 56.4 Å². The number of aromatic nitrogens is 2. The lowest BCUT2D eigenvalue weighted by molar-refractivity contribution is 0.278. The molecule has 1 aliphatic carbocycles. The maximum absolute atomic E-state index is 12.7. The van der Waals surface area contributed by atoms with Crippen LogP contribution in [0.5, 0.6) is 0 Å². The third kappa shape index (κ3) is 3.43. The van der Waals surface area contributed by atoms with E-state index in [1.807, 2.05) is 24.3 Å². The van der Waals surface area contributed by atoms with Crippen molar-refractivity contribution in [2.45, 2.75) is 32.2 Å². The molecule has 0 amide bonds. The van der Waals surface area contributed by atoms with Crippen molar-refractivity contribution in [3.8, 4) is 6.07 Å².